The summed E-state index contributed by atoms with van der Waals surface area (Å²) < 4.78 is 28.9. The summed E-state index contributed by atoms with van der Waals surface area (Å²) in [5, 5.41) is 9.63. The van der Waals surface area contributed by atoms with Crippen LogP contribution < -0.4 is 11.2 Å². The number of nitrogens with two attached hydrogens (primary N) is 1. The summed E-state index contributed by atoms with van der Waals surface area (Å²) in [7, 11) is -3.75. The van der Waals surface area contributed by atoms with Gasteiger partial charge in [-0.05, 0) is 56.2 Å². The first-order chi connectivity index (χ1) is 15.1. The largest absolute Gasteiger partial charge is 0.364 e. The van der Waals surface area contributed by atoms with Crippen molar-refractivity contribution < 1.29 is 23.2 Å². The third-order valence-electron chi connectivity index (χ3n) is 5.46. The summed E-state index contributed by atoms with van der Waals surface area (Å²) in [5.41, 5.74) is 8.80. The molecule has 0 saturated carbocycles. The zero-order valence-corrected chi connectivity index (χ0v) is 19.5. The zero-order chi connectivity index (χ0) is 23.4. The first-order valence-electron chi connectivity index (χ1n) is 10.0. The summed E-state index contributed by atoms with van der Waals surface area (Å²) in [4.78, 5) is 16.5. The SMILES string of the molecule is C[C@@](CCc1nc2ccc(C#CC#C[C@@H]3CC[C@@H](N)CO3)cc2s1)(C(=O)NO)S(C)(=O)=O. The van der Waals surface area contributed by atoms with Crippen molar-refractivity contribution in [1.82, 2.24) is 10.5 Å². The number of amides is 1. The van der Waals surface area contributed by atoms with Crippen LogP contribution in [0.15, 0.2) is 18.2 Å². The summed E-state index contributed by atoms with van der Waals surface area (Å²) in [6, 6.07) is 5.67. The maximum absolute atomic E-state index is 12.1. The van der Waals surface area contributed by atoms with Crippen LogP contribution in [-0.4, -0.2) is 54.3 Å². The quantitative estimate of drug-likeness (QED) is 0.338. The second kappa shape index (κ2) is 9.99. The average molecular weight is 476 g/mol. The molecular formula is C22H25N3O5S2. The molecule has 2 heterocycles. The van der Waals surface area contributed by atoms with Gasteiger partial charge in [0.15, 0.2) is 9.84 Å². The lowest BCUT2D eigenvalue weighted by molar-refractivity contribution is -0.131. The normalized spacial score (nSPS) is 20.4. The van der Waals surface area contributed by atoms with E-state index in [2.05, 4.69) is 28.7 Å². The minimum atomic E-state index is -3.75. The molecule has 0 unspecified atom stereocenters. The third-order valence-corrected chi connectivity index (χ3v) is 8.57. The number of nitrogens with zero attached hydrogens (tertiary/aromatic N) is 1. The smallest absolute Gasteiger partial charge is 0.264 e. The standard InChI is InChI=1S/C22H25N3O5S2/c1-22(21(26)25-27,32(2,28)29)12-11-20-24-18-10-7-15(13-19(18)31-20)5-3-4-6-17-9-8-16(23)14-30-17/h7,10,13,16-17,27H,8-9,11-12,14,23H2,1-2H3,(H,25,26)/t16-,17-,22-/m1/s1. The number of thiazole rings is 1. The van der Waals surface area contributed by atoms with Crippen molar-refractivity contribution in [3.05, 3.63) is 28.8 Å². The number of sulfone groups is 1. The summed E-state index contributed by atoms with van der Waals surface area (Å²) in [6.07, 6.45) is 2.82. The van der Waals surface area contributed by atoms with Gasteiger partial charge in [-0.15, -0.1) is 11.3 Å². The molecule has 1 aliphatic rings. The van der Waals surface area contributed by atoms with Gasteiger partial charge in [-0.2, -0.15) is 0 Å². The molecule has 0 radical (unpaired) electrons. The van der Waals surface area contributed by atoms with Crippen molar-refractivity contribution in [2.45, 2.75) is 49.5 Å². The van der Waals surface area contributed by atoms with Gasteiger partial charge in [0.05, 0.1) is 21.8 Å². The van der Waals surface area contributed by atoms with E-state index in [4.69, 9.17) is 15.7 Å². The number of fused-ring (bicyclic) bond motifs is 1. The van der Waals surface area contributed by atoms with E-state index in [0.29, 0.717) is 11.6 Å². The Morgan fingerprint density at radius 3 is 2.84 bits per heavy atom. The molecule has 3 rings (SSSR count). The molecule has 10 heteroatoms. The predicted octanol–water partition coefficient (Wildman–Crippen LogP) is 1.40. The number of carbonyl (C=O) groups is 1. The summed E-state index contributed by atoms with van der Waals surface area (Å²) >= 11 is 1.41. The lowest BCUT2D eigenvalue weighted by Crippen LogP contribution is -2.49. The van der Waals surface area contributed by atoms with E-state index >= 15 is 0 Å². The molecule has 2 aromatic rings. The summed E-state index contributed by atoms with van der Waals surface area (Å²) in [5.74, 6) is 10.7. The lowest BCUT2D eigenvalue weighted by Gasteiger charge is -2.24. The van der Waals surface area contributed by atoms with Gasteiger partial charge in [-0.1, -0.05) is 11.8 Å². The van der Waals surface area contributed by atoms with Crippen molar-refractivity contribution in [2.24, 2.45) is 5.73 Å². The highest BCUT2D eigenvalue weighted by molar-refractivity contribution is 7.92. The molecule has 0 aliphatic carbocycles. The van der Waals surface area contributed by atoms with Crippen LogP contribution in [0.25, 0.3) is 10.2 Å². The van der Waals surface area contributed by atoms with Gasteiger partial charge < -0.3 is 10.5 Å². The van der Waals surface area contributed by atoms with E-state index in [9.17, 15) is 13.2 Å². The number of hydroxylamine groups is 1. The number of ether oxygens (including phenoxy) is 1. The second-order valence-electron chi connectivity index (χ2n) is 7.91. The summed E-state index contributed by atoms with van der Waals surface area (Å²) in [6.45, 7) is 1.81. The van der Waals surface area contributed by atoms with Crippen molar-refractivity contribution >= 4 is 37.3 Å². The molecule has 170 valence electrons. The lowest BCUT2D eigenvalue weighted by atomic mass is 10.0. The first-order valence-corrected chi connectivity index (χ1v) is 12.8. The Labute approximate surface area is 191 Å². The number of aryl methyl sites for hydroxylation is 1. The number of benzene rings is 1. The molecule has 1 amide bonds. The highest BCUT2D eigenvalue weighted by Gasteiger charge is 2.43. The Hall–Kier alpha value is -2.47. The molecule has 8 nitrogen and oxygen atoms in total. The minimum absolute atomic E-state index is 0.00551. The Morgan fingerprint density at radius 1 is 1.41 bits per heavy atom. The molecule has 0 spiro atoms. The fraction of sp³-hybridized carbons (Fsp3) is 0.455. The van der Waals surface area contributed by atoms with Crippen LogP contribution in [0.2, 0.25) is 0 Å². The minimum Gasteiger partial charge on any atom is -0.364 e. The topological polar surface area (TPSA) is 132 Å². The molecule has 0 bridgehead atoms. The molecule has 1 aliphatic heterocycles. The number of aromatic nitrogens is 1. The highest BCUT2D eigenvalue weighted by Crippen LogP contribution is 2.28. The molecule has 1 saturated heterocycles. The first kappa shape index (κ1) is 24.2. The zero-order valence-electron chi connectivity index (χ0n) is 17.8. The van der Waals surface area contributed by atoms with E-state index in [-0.39, 0.29) is 25.0 Å². The highest BCUT2D eigenvalue weighted by atomic mass is 32.2. The van der Waals surface area contributed by atoms with Gasteiger partial charge in [-0.25, -0.2) is 18.9 Å². The van der Waals surface area contributed by atoms with Crippen LogP contribution in [0.5, 0.6) is 0 Å². The van der Waals surface area contributed by atoms with Crippen LogP contribution in [0.4, 0.5) is 0 Å². The maximum Gasteiger partial charge on any atom is 0.264 e. The van der Waals surface area contributed by atoms with Gasteiger partial charge in [0, 0.05) is 24.3 Å². The van der Waals surface area contributed by atoms with Gasteiger partial charge in [-0.3, -0.25) is 10.0 Å². The van der Waals surface area contributed by atoms with Gasteiger partial charge in [0.1, 0.15) is 10.9 Å². The van der Waals surface area contributed by atoms with E-state index in [1.807, 2.05) is 18.2 Å². The molecule has 1 fully saturated rings. The monoisotopic (exact) mass is 475 g/mol. The van der Waals surface area contributed by atoms with Gasteiger partial charge >= 0.3 is 0 Å². The van der Waals surface area contributed by atoms with Gasteiger partial charge in [0.25, 0.3) is 5.91 Å². The fourth-order valence-corrected chi connectivity index (χ4v) is 5.06. The van der Waals surface area contributed by atoms with Crippen molar-refractivity contribution in [2.75, 3.05) is 12.9 Å². The molecule has 3 atom stereocenters. The predicted molar refractivity (Wildman–Crippen MR) is 123 cm³/mol. The average Bonchev–Trinajstić information content (AvgIpc) is 3.17. The molecule has 32 heavy (non-hydrogen) atoms. The van der Waals surface area contributed by atoms with E-state index in [0.717, 1.165) is 34.9 Å². The van der Waals surface area contributed by atoms with Crippen LogP contribution in [0, 0.1) is 23.7 Å². The van der Waals surface area contributed by atoms with Crippen LogP contribution in [0.3, 0.4) is 0 Å². The number of hydrogen-bond acceptors (Lipinski definition) is 8. The molecule has 4 N–H and O–H groups in total. The fourth-order valence-electron chi connectivity index (χ4n) is 3.19. The Balaban J connectivity index is 1.70. The number of carbonyl (C=O) groups excluding carboxylic acids is 1. The van der Waals surface area contributed by atoms with Crippen molar-refractivity contribution in [3.8, 4) is 23.7 Å². The van der Waals surface area contributed by atoms with Gasteiger partial charge in [0.2, 0.25) is 0 Å². The molecule has 1 aromatic heterocycles. The van der Waals surface area contributed by atoms with E-state index in [1.54, 1.807) is 0 Å². The Kier molecular flexibility index (Phi) is 7.55. The molecule has 1 aromatic carbocycles. The maximum atomic E-state index is 12.1. The van der Waals surface area contributed by atoms with Crippen molar-refractivity contribution in [3.63, 3.8) is 0 Å². The van der Waals surface area contributed by atoms with Crippen molar-refractivity contribution in [1.29, 1.82) is 0 Å². The van der Waals surface area contributed by atoms with E-state index < -0.39 is 20.5 Å². The Morgan fingerprint density at radius 2 is 2.19 bits per heavy atom. The number of hydrogen-bond donors (Lipinski definition) is 3. The third kappa shape index (κ3) is 5.66. The van der Waals surface area contributed by atoms with E-state index in [1.165, 1.54) is 23.7 Å². The Bertz CT molecular complexity index is 1220. The number of nitrogens with one attached hydrogen (secondary N) is 1. The molecular weight excluding hydrogens is 450 g/mol. The second-order valence-corrected chi connectivity index (χ2v) is 11.5. The van der Waals surface area contributed by atoms with Crippen LogP contribution in [-0.2, 0) is 25.8 Å². The number of rotatable bonds is 5. The van der Waals surface area contributed by atoms with Crippen LogP contribution in [0.1, 0.15) is 36.8 Å². The van der Waals surface area contributed by atoms with Crippen LogP contribution >= 0.6 is 11.3 Å².